The third-order valence-corrected chi connectivity index (χ3v) is 3.56. The van der Waals surface area contributed by atoms with Crippen molar-refractivity contribution < 1.29 is 23.4 Å². The molecule has 1 aliphatic rings. The molecule has 0 fully saturated rings. The molecule has 0 N–H and O–H groups in total. The maximum Gasteiger partial charge on any atom is 0.374 e. The largest absolute Gasteiger partial charge is 0.489 e. The second-order valence-corrected chi connectivity index (χ2v) is 5.37. The summed E-state index contributed by atoms with van der Waals surface area (Å²) < 4.78 is 21.5. The van der Waals surface area contributed by atoms with Gasteiger partial charge in [0.25, 0.3) is 0 Å². The first kappa shape index (κ1) is 14.8. The third kappa shape index (κ3) is 3.04. The van der Waals surface area contributed by atoms with E-state index >= 15 is 0 Å². The predicted molar refractivity (Wildman–Crippen MR) is 79.6 cm³/mol. The van der Waals surface area contributed by atoms with Gasteiger partial charge in [0.2, 0.25) is 5.76 Å². The summed E-state index contributed by atoms with van der Waals surface area (Å²) in [6.45, 7) is 3.00. The zero-order valence-electron chi connectivity index (χ0n) is 12.1. The average Bonchev–Trinajstić information content (AvgIpc) is 2.78. The summed E-state index contributed by atoms with van der Waals surface area (Å²) in [5, 5.41) is 0.444. The molecule has 2 aromatic rings. The Balaban J connectivity index is 1.73. The average molecular weight is 323 g/mol. The summed E-state index contributed by atoms with van der Waals surface area (Å²) in [6, 6.07) is 5.19. The molecule has 0 amide bonds. The Labute approximate surface area is 132 Å². The summed E-state index contributed by atoms with van der Waals surface area (Å²) in [4.78, 5) is 11.9. The lowest BCUT2D eigenvalue weighted by Crippen LogP contribution is -2.06. The van der Waals surface area contributed by atoms with Crippen LogP contribution in [0.15, 0.2) is 28.9 Å². The van der Waals surface area contributed by atoms with Crippen LogP contribution in [-0.4, -0.2) is 19.2 Å². The fraction of sp³-hybridized carbons (Fsp3) is 0.312. The highest BCUT2D eigenvalue weighted by Gasteiger charge is 2.18. The fourth-order valence-electron chi connectivity index (χ4n) is 2.16. The minimum Gasteiger partial charge on any atom is -0.489 e. The van der Waals surface area contributed by atoms with Crippen LogP contribution < -0.4 is 9.47 Å². The first-order valence-electron chi connectivity index (χ1n) is 6.94. The van der Waals surface area contributed by atoms with Crippen LogP contribution in [0.2, 0.25) is 5.02 Å². The van der Waals surface area contributed by atoms with E-state index in [4.69, 9.17) is 30.2 Å². The minimum absolute atomic E-state index is 0.0787. The van der Waals surface area contributed by atoms with E-state index in [0.29, 0.717) is 29.7 Å². The van der Waals surface area contributed by atoms with E-state index in [0.717, 1.165) is 17.5 Å². The van der Waals surface area contributed by atoms with Gasteiger partial charge in [-0.25, -0.2) is 4.79 Å². The number of rotatable bonds is 3. The summed E-state index contributed by atoms with van der Waals surface area (Å²) in [7, 11) is 0. The molecule has 3 rings (SSSR count). The Morgan fingerprint density at radius 2 is 2.14 bits per heavy atom. The molecule has 22 heavy (non-hydrogen) atoms. The molecule has 0 bridgehead atoms. The summed E-state index contributed by atoms with van der Waals surface area (Å²) in [5.41, 5.74) is 1.47. The fourth-order valence-corrected chi connectivity index (χ4v) is 2.45. The highest BCUT2D eigenvalue weighted by Crippen LogP contribution is 2.38. The van der Waals surface area contributed by atoms with Gasteiger partial charge in [-0.2, -0.15) is 0 Å². The Bertz CT molecular complexity index is 692. The topological polar surface area (TPSA) is 57.9 Å². The molecule has 1 aromatic carbocycles. The lowest BCUT2D eigenvalue weighted by molar-refractivity contribution is 0.0434. The Morgan fingerprint density at radius 3 is 2.91 bits per heavy atom. The lowest BCUT2D eigenvalue weighted by atomic mass is 10.2. The summed E-state index contributed by atoms with van der Waals surface area (Å²) in [6.07, 6.45) is 2.25. The number of carbonyl (C=O) groups is 1. The molecule has 2 heterocycles. The van der Waals surface area contributed by atoms with Crippen molar-refractivity contribution in [3.05, 3.63) is 46.4 Å². The highest BCUT2D eigenvalue weighted by atomic mass is 35.5. The van der Waals surface area contributed by atoms with Gasteiger partial charge in [-0.05, 0) is 30.7 Å². The van der Waals surface area contributed by atoms with E-state index in [1.54, 1.807) is 25.1 Å². The SMILES string of the molecule is Cc1ccoc1C(=O)OCc1cc(Cl)c2c(c1)OCCCO2. The van der Waals surface area contributed by atoms with Crippen LogP contribution in [0, 0.1) is 6.92 Å². The van der Waals surface area contributed by atoms with Crippen LogP contribution in [0.4, 0.5) is 0 Å². The highest BCUT2D eigenvalue weighted by molar-refractivity contribution is 6.32. The van der Waals surface area contributed by atoms with Crippen LogP contribution in [-0.2, 0) is 11.3 Å². The third-order valence-electron chi connectivity index (χ3n) is 3.28. The Kier molecular flexibility index (Phi) is 4.24. The number of fused-ring (bicyclic) bond motifs is 1. The minimum atomic E-state index is -0.509. The molecule has 6 heteroatoms. The standard InChI is InChI=1S/C16H15ClO5/c1-10-3-6-21-14(10)16(18)22-9-11-7-12(17)15-13(8-11)19-4-2-5-20-15/h3,6-8H,2,4-5,9H2,1H3. The van der Waals surface area contributed by atoms with Crippen LogP contribution in [0.5, 0.6) is 11.5 Å². The number of aryl methyl sites for hydroxylation is 1. The maximum atomic E-state index is 11.9. The molecule has 0 saturated heterocycles. The molecular weight excluding hydrogens is 308 g/mol. The molecule has 0 atom stereocenters. The zero-order chi connectivity index (χ0) is 15.5. The number of ether oxygens (including phenoxy) is 3. The molecule has 0 spiro atoms. The van der Waals surface area contributed by atoms with Crippen LogP contribution in [0.1, 0.15) is 28.1 Å². The first-order chi connectivity index (χ1) is 10.6. The van der Waals surface area contributed by atoms with Crippen molar-refractivity contribution in [2.45, 2.75) is 20.0 Å². The van der Waals surface area contributed by atoms with E-state index in [-0.39, 0.29) is 12.4 Å². The van der Waals surface area contributed by atoms with Crippen molar-refractivity contribution in [3.8, 4) is 11.5 Å². The number of halogens is 1. The zero-order valence-corrected chi connectivity index (χ0v) is 12.8. The van der Waals surface area contributed by atoms with Crippen molar-refractivity contribution in [1.82, 2.24) is 0 Å². The van der Waals surface area contributed by atoms with Crippen LogP contribution >= 0.6 is 11.6 Å². The van der Waals surface area contributed by atoms with E-state index in [9.17, 15) is 4.79 Å². The molecule has 1 aliphatic heterocycles. The monoisotopic (exact) mass is 322 g/mol. The van der Waals surface area contributed by atoms with Crippen molar-refractivity contribution in [2.75, 3.05) is 13.2 Å². The van der Waals surface area contributed by atoms with Gasteiger partial charge in [-0.3, -0.25) is 0 Å². The second kappa shape index (κ2) is 6.32. The molecule has 116 valence electrons. The molecule has 5 nitrogen and oxygen atoms in total. The van der Waals surface area contributed by atoms with Crippen molar-refractivity contribution >= 4 is 17.6 Å². The number of hydrogen-bond donors (Lipinski definition) is 0. The van der Waals surface area contributed by atoms with Crippen LogP contribution in [0.3, 0.4) is 0 Å². The molecule has 1 aromatic heterocycles. The van der Waals surface area contributed by atoms with Gasteiger partial charge in [-0.15, -0.1) is 0 Å². The van der Waals surface area contributed by atoms with Gasteiger partial charge < -0.3 is 18.6 Å². The van der Waals surface area contributed by atoms with Crippen LogP contribution in [0.25, 0.3) is 0 Å². The van der Waals surface area contributed by atoms with Crippen molar-refractivity contribution in [1.29, 1.82) is 0 Å². The normalized spacial score (nSPS) is 13.5. The molecule has 0 aliphatic carbocycles. The van der Waals surface area contributed by atoms with Gasteiger partial charge in [0.05, 0.1) is 24.5 Å². The van der Waals surface area contributed by atoms with E-state index < -0.39 is 5.97 Å². The quantitative estimate of drug-likeness (QED) is 0.805. The number of hydrogen-bond acceptors (Lipinski definition) is 5. The number of esters is 1. The van der Waals surface area contributed by atoms with Gasteiger partial charge in [0.1, 0.15) is 6.61 Å². The van der Waals surface area contributed by atoms with Gasteiger partial charge in [-0.1, -0.05) is 11.6 Å². The first-order valence-corrected chi connectivity index (χ1v) is 7.32. The van der Waals surface area contributed by atoms with Crippen molar-refractivity contribution in [2.24, 2.45) is 0 Å². The summed E-state index contributed by atoms with van der Waals surface area (Å²) >= 11 is 6.20. The number of furan rings is 1. The van der Waals surface area contributed by atoms with E-state index in [2.05, 4.69) is 0 Å². The summed E-state index contributed by atoms with van der Waals surface area (Å²) in [5.74, 6) is 0.813. The smallest absolute Gasteiger partial charge is 0.374 e. The van der Waals surface area contributed by atoms with E-state index in [1.807, 2.05) is 0 Å². The molecule has 0 unspecified atom stereocenters. The van der Waals surface area contributed by atoms with Gasteiger partial charge in [0, 0.05) is 12.0 Å². The second-order valence-electron chi connectivity index (χ2n) is 4.96. The maximum absolute atomic E-state index is 11.9. The van der Waals surface area contributed by atoms with Gasteiger partial charge in [0.15, 0.2) is 11.5 Å². The molecular formula is C16H15ClO5. The predicted octanol–water partition coefficient (Wildman–Crippen LogP) is 3.76. The Hall–Kier alpha value is -2.14. The Morgan fingerprint density at radius 1 is 1.32 bits per heavy atom. The van der Waals surface area contributed by atoms with Gasteiger partial charge >= 0.3 is 5.97 Å². The van der Waals surface area contributed by atoms with Crippen molar-refractivity contribution in [3.63, 3.8) is 0 Å². The molecule has 0 radical (unpaired) electrons. The lowest BCUT2D eigenvalue weighted by Gasteiger charge is -2.11. The number of benzene rings is 1. The number of carbonyl (C=O) groups excluding carboxylic acids is 1. The molecule has 0 saturated carbocycles. The van der Waals surface area contributed by atoms with E-state index in [1.165, 1.54) is 6.26 Å².